The van der Waals surface area contributed by atoms with E-state index in [1.165, 1.54) is 0 Å². The molecule has 2 aromatic heterocycles. The van der Waals surface area contributed by atoms with Crippen molar-refractivity contribution in [3.8, 4) is 0 Å². The summed E-state index contributed by atoms with van der Waals surface area (Å²) in [5, 5.41) is 11.5. The Bertz CT molecular complexity index is 581. The van der Waals surface area contributed by atoms with E-state index in [4.69, 9.17) is 0 Å². The fraction of sp³-hybridized carbons (Fsp3) is 0.467. The molecule has 1 aliphatic rings. The van der Waals surface area contributed by atoms with E-state index in [-0.39, 0.29) is 0 Å². The van der Waals surface area contributed by atoms with E-state index in [0.29, 0.717) is 5.95 Å². The van der Waals surface area contributed by atoms with Gasteiger partial charge in [-0.3, -0.25) is 0 Å². The Labute approximate surface area is 130 Å². The van der Waals surface area contributed by atoms with Crippen LogP contribution in [0.25, 0.3) is 0 Å². The highest BCUT2D eigenvalue weighted by molar-refractivity contribution is 5.43. The van der Waals surface area contributed by atoms with Gasteiger partial charge in [-0.2, -0.15) is 10.1 Å². The van der Waals surface area contributed by atoms with E-state index in [9.17, 15) is 0 Å². The van der Waals surface area contributed by atoms with Gasteiger partial charge in [0.05, 0.1) is 6.20 Å². The highest BCUT2D eigenvalue weighted by atomic mass is 15.4. The second kappa shape index (κ2) is 7.02. The summed E-state index contributed by atoms with van der Waals surface area (Å²) >= 11 is 0. The number of pyridine rings is 1. The summed E-state index contributed by atoms with van der Waals surface area (Å²) in [6, 6.07) is 6.00. The standard InChI is InChI=1S/C15H21N7/c1-2-6-16-13-12-18-20-15(19-13)22-10-8-21(9-11-22)14-5-3-4-7-17-14/h3-5,7,12H,2,6,8-11H2,1H3,(H,16,19,20). The summed E-state index contributed by atoms with van der Waals surface area (Å²) in [6.45, 7) is 6.58. The van der Waals surface area contributed by atoms with Crippen LogP contribution in [0.3, 0.4) is 0 Å². The third-order valence-corrected chi connectivity index (χ3v) is 3.64. The van der Waals surface area contributed by atoms with Crippen molar-refractivity contribution >= 4 is 17.6 Å². The molecule has 0 radical (unpaired) electrons. The first-order valence-electron chi connectivity index (χ1n) is 7.71. The number of piperazine rings is 1. The zero-order chi connectivity index (χ0) is 15.2. The predicted molar refractivity (Wildman–Crippen MR) is 87.3 cm³/mol. The summed E-state index contributed by atoms with van der Waals surface area (Å²) in [5.41, 5.74) is 0. The van der Waals surface area contributed by atoms with Crippen molar-refractivity contribution in [2.75, 3.05) is 47.8 Å². The van der Waals surface area contributed by atoms with Gasteiger partial charge in [-0.15, -0.1) is 5.10 Å². The molecule has 0 spiro atoms. The third kappa shape index (κ3) is 3.41. The average Bonchev–Trinajstić information content (AvgIpc) is 2.61. The number of aromatic nitrogens is 4. The van der Waals surface area contributed by atoms with Gasteiger partial charge in [0.15, 0.2) is 5.82 Å². The second-order valence-corrected chi connectivity index (χ2v) is 5.23. The fourth-order valence-corrected chi connectivity index (χ4v) is 2.44. The summed E-state index contributed by atoms with van der Waals surface area (Å²) in [4.78, 5) is 13.4. The van der Waals surface area contributed by atoms with Gasteiger partial charge in [0.25, 0.3) is 0 Å². The van der Waals surface area contributed by atoms with Gasteiger partial charge >= 0.3 is 0 Å². The maximum Gasteiger partial charge on any atom is 0.247 e. The smallest absolute Gasteiger partial charge is 0.247 e. The summed E-state index contributed by atoms with van der Waals surface area (Å²) < 4.78 is 0. The second-order valence-electron chi connectivity index (χ2n) is 5.23. The first-order chi connectivity index (χ1) is 10.9. The molecule has 1 aliphatic heterocycles. The Morgan fingerprint density at radius 3 is 2.68 bits per heavy atom. The van der Waals surface area contributed by atoms with E-state index < -0.39 is 0 Å². The van der Waals surface area contributed by atoms with Crippen LogP contribution >= 0.6 is 0 Å². The number of nitrogens with one attached hydrogen (secondary N) is 1. The molecule has 3 heterocycles. The number of hydrogen-bond acceptors (Lipinski definition) is 7. The van der Waals surface area contributed by atoms with Crippen LogP contribution in [0.2, 0.25) is 0 Å². The molecule has 0 unspecified atom stereocenters. The van der Waals surface area contributed by atoms with Gasteiger partial charge < -0.3 is 15.1 Å². The molecule has 22 heavy (non-hydrogen) atoms. The molecule has 1 saturated heterocycles. The third-order valence-electron chi connectivity index (χ3n) is 3.64. The highest BCUT2D eigenvalue weighted by Gasteiger charge is 2.20. The molecular weight excluding hydrogens is 278 g/mol. The van der Waals surface area contributed by atoms with Gasteiger partial charge in [0.1, 0.15) is 5.82 Å². The van der Waals surface area contributed by atoms with E-state index in [1.807, 2.05) is 24.4 Å². The molecule has 7 nitrogen and oxygen atoms in total. The van der Waals surface area contributed by atoms with Crippen LogP contribution in [0.5, 0.6) is 0 Å². The van der Waals surface area contributed by atoms with E-state index >= 15 is 0 Å². The van der Waals surface area contributed by atoms with E-state index in [0.717, 1.165) is 50.8 Å². The van der Waals surface area contributed by atoms with E-state index in [2.05, 4.69) is 42.2 Å². The van der Waals surface area contributed by atoms with Gasteiger partial charge in [0.2, 0.25) is 5.95 Å². The fourth-order valence-electron chi connectivity index (χ4n) is 2.44. The Kier molecular flexibility index (Phi) is 4.62. The van der Waals surface area contributed by atoms with Crippen LogP contribution in [0, 0.1) is 0 Å². The average molecular weight is 299 g/mol. The molecule has 7 heteroatoms. The molecule has 0 bridgehead atoms. The molecule has 0 aromatic carbocycles. The lowest BCUT2D eigenvalue weighted by atomic mass is 10.3. The zero-order valence-electron chi connectivity index (χ0n) is 12.8. The maximum absolute atomic E-state index is 4.54. The number of rotatable bonds is 5. The molecular formula is C15H21N7. The topological polar surface area (TPSA) is 70.1 Å². The Morgan fingerprint density at radius 1 is 1.14 bits per heavy atom. The predicted octanol–water partition coefficient (Wildman–Crippen LogP) is 1.42. The van der Waals surface area contributed by atoms with Crippen LogP contribution in [0.15, 0.2) is 30.6 Å². The lowest BCUT2D eigenvalue weighted by molar-refractivity contribution is 0.630. The van der Waals surface area contributed by atoms with Gasteiger partial charge in [0, 0.05) is 38.9 Å². The maximum atomic E-state index is 4.54. The van der Waals surface area contributed by atoms with E-state index in [1.54, 1.807) is 6.20 Å². The quantitative estimate of drug-likeness (QED) is 0.895. The molecule has 1 N–H and O–H groups in total. The molecule has 116 valence electrons. The van der Waals surface area contributed by atoms with Crippen molar-refractivity contribution in [1.29, 1.82) is 0 Å². The molecule has 1 fully saturated rings. The number of nitrogens with zero attached hydrogens (tertiary/aromatic N) is 6. The van der Waals surface area contributed by atoms with Crippen LogP contribution in [0.1, 0.15) is 13.3 Å². The SMILES string of the molecule is CCCNc1cnnc(N2CCN(c3ccccn3)CC2)n1. The van der Waals surface area contributed by atoms with Crippen molar-refractivity contribution < 1.29 is 0 Å². The minimum atomic E-state index is 0.696. The minimum absolute atomic E-state index is 0.696. The van der Waals surface area contributed by atoms with Crippen molar-refractivity contribution in [2.24, 2.45) is 0 Å². The number of anilines is 3. The van der Waals surface area contributed by atoms with Crippen molar-refractivity contribution in [1.82, 2.24) is 20.2 Å². The Morgan fingerprint density at radius 2 is 1.95 bits per heavy atom. The lowest BCUT2D eigenvalue weighted by Gasteiger charge is -2.35. The van der Waals surface area contributed by atoms with Crippen LogP contribution < -0.4 is 15.1 Å². The molecule has 0 atom stereocenters. The normalized spacial score (nSPS) is 15.0. The van der Waals surface area contributed by atoms with Gasteiger partial charge in [-0.05, 0) is 18.6 Å². The monoisotopic (exact) mass is 299 g/mol. The van der Waals surface area contributed by atoms with Gasteiger partial charge in [-0.1, -0.05) is 13.0 Å². The van der Waals surface area contributed by atoms with Crippen LogP contribution in [0.4, 0.5) is 17.6 Å². The Hall–Kier alpha value is -2.44. The molecule has 2 aromatic rings. The Balaban J connectivity index is 1.61. The number of hydrogen-bond donors (Lipinski definition) is 1. The first kappa shape index (κ1) is 14.5. The van der Waals surface area contributed by atoms with Crippen molar-refractivity contribution in [3.63, 3.8) is 0 Å². The largest absolute Gasteiger partial charge is 0.369 e. The molecule has 3 rings (SSSR count). The van der Waals surface area contributed by atoms with Crippen molar-refractivity contribution in [3.05, 3.63) is 30.6 Å². The lowest BCUT2D eigenvalue weighted by Crippen LogP contribution is -2.47. The highest BCUT2D eigenvalue weighted by Crippen LogP contribution is 2.16. The molecule has 0 aliphatic carbocycles. The van der Waals surface area contributed by atoms with Crippen LogP contribution in [-0.4, -0.2) is 52.9 Å². The van der Waals surface area contributed by atoms with Crippen molar-refractivity contribution in [2.45, 2.75) is 13.3 Å². The molecule has 0 amide bonds. The summed E-state index contributed by atoms with van der Waals surface area (Å²) in [7, 11) is 0. The zero-order valence-corrected chi connectivity index (χ0v) is 12.8. The minimum Gasteiger partial charge on any atom is -0.369 e. The summed E-state index contributed by atoms with van der Waals surface area (Å²) in [5.74, 6) is 2.51. The molecule has 0 saturated carbocycles. The van der Waals surface area contributed by atoms with Crippen LogP contribution in [-0.2, 0) is 0 Å². The first-order valence-corrected chi connectivity index (χ1v) is 7.71. The van der Waals surface area contributed by atoms with Gasteiger partial charge in [-0.25, -0.2) is 4.98 Å². The summed E-state index contributed by atoms with van der Waals surface area (Å²) in [6.07, 6.45) is 4.56.